The minimum absolute atomic E-state index is 0.357. The molecule has 94 valence electrons. The lowest BCUT2D eigenvalue weighted by Gasteiger charge is -2.12. The fourth-order valence-electron chi connectivity index (χ4n) is 1.56. The molecule has 0 aliphatic heterocycles. The van der Waals surface area contributed by atoms with E-state index in [1.54, 1.807) is 12.1 Å². The van der Waals surface area contributed by atoms with E-state index >= 15 is 0 Å². The van der Waals surface area contributed by atoms with Crippen LogP contribution in [0, 0.1) is 17.5 Å². The van der Waals surface area contributed by atoms with Gasteiger partial charge in [-0.1, -0.05) is 37.9 Å². The SMILES string of the molecule is Fc1ccc(C(Br)c2cc(Br)ccc2F)cc1F. The molecule has 0 spiro atoms. The quantitative estimate of drug-likeness (QED) is 0.617. The molecule has 0 fully saturated rings. The van der Waals surface area contributed by atoms with Crippen LogP contribution in [0.4, 0.5) is 13.2 Å². The first kappa shape index (κ1) is 13.6. The molecule has 0 aliphatic rings. The monoisotopic (exact) mass is 378 g/mol. The zero-order chi connectivity index (χ0) is 13.3. The number of halogens is 5. The molecule has 2 rings (SSSR count). The van der Waals surface area contributed by atoms with Crippen molar-refractivity contribution in [1.29, 1.82) is 0 Å². The molecule has 0 saturated carbocycles. The molecule has 0 bridgehead atoms. The Balaban J connectivity index is 2.44. The Morgan fingerprint density at radius 2 is 1.50 bits per heavy atom. The smallest absolute Gasteiger partial charge is 0.159 e. The van der Waals surface area contributed by atoms with Crippen molar-refractivity contribution in [1.82, 2.24) is 0 Å². The molecular weight excluding hydrogens is 373 g/mol. The molecule has 18 heavy (non-hydrogen) atoms. The standard InChI is InChI=1S/C13H7Br2F3/c14-8-2-4-10(16)9(6-8)13(15)7-1-3-11(17)12(18)5-7/h1-6,13H. The summed E-state index contributed by atoms with van der Waals surface area (Å²) in [5.41, 5.74) is 0.807. The zero-order valence-corrected chi connectivity index (χ0v) is 12.1. The van der Waals surface area contributed by atoms with Gasteiger partial charge in [0.05, 0.1) is 4.83 Å². The highest BCUT2D eigenvalue weighted by Gasteiger charge is 2.16. The van der Waals surface area contributed by atoms with Gasteiger partial charge in [-0.25, -0.2) is 13.2 Å². The third-order valence-corrected chi connectivity index (χ3v) is 3.98. The van der Waals surface area contributed by atoms with Gasteiger partial charge >= 0.3 is 0 Å². The summed E-state index contributed by atoms with van der Waals surface area (Å²) in [5, 5.41) is 0. The number of hydrogen-bond donors (Lipinski definition) is 0. The molecule has 0 aliphatic carbocycles. The van der Waals surface area contributed by atoms with Gasteiger partial charge in [0.1, 0.15) is 5.82 Å². The van der Waals surface area contributed by atoms with Crippen LogP contribution in [0.25, 0.3) is 0 Å². The van der Waals surface area contributed by atoms with Crippen molar-refractivity contribution < 1.29 is 13.2 Å². The Morgan fingerprint density at radius 3 is 2.17 bits per heavy atom. The second-order valence-electron chi connectivity index (χ2n) is 3.70. The fraction of sp³-hybridized carbons (Fsp3) is 0.0769. The lowest BCUT2D eigenvalue weighted by molar-refractivity contribution is 0.507. The summed E-state index contributed by atoms with van der Waals surface area (Å²) in [4.78, 5) is -0.537. The Morgan fingerprint density at radius 1 is 0.833 bits per heavy atom. The number of rotatable bonds is 2. The van der Waals surface area contributed by atoms with Gasteiger partial charge in [0, 0.05) is 10.0 Å². The zero-order valence-electron chi connectivity index (χ0n) is 8.93. The van der Waals surface area contributed by atoms with Crippen LogP contribution in [0.1, 0.15) is 16.0 Å². The van der Waals surface area contributed by atoms with Crippen molar-refractivity contribution in [2.45, 2.75) is 4.83 Å². The molecule has 0 radical (unpaired) electrons. The van der Waals surface area contributed by atoms with E-state index in [1.165, 1.54) is 12.1 Å². The van der Waals surface area contributed by atoms with Crippen molar-refractivity contribution in [3.63, 3.8) is 0 Å². The molecule has 0 amide bonds. The molecule has 1 unspecified atom stereocenters. The topological polar surface area (TPSA) is 0 Å². The van der Waals surface area contributed by atoms with Crippen LogP contribution in [0.3, 0.4) is 0 Å². The number of benzene rings is 2. The molecular formula is C13H7Br2F3. The third kappa shape index (κ3) is 2.78. The number of hydrogen-bond acceptors (Lipinski definition) is 0. The van der Waals surface area contributed by atoms with Crippen molar-refractivity contribution in [3.05, 3.63) is 69.4 Å². The van der Waals surface area contributed by atoms with Gasteiger partial charge in [-0.2, -0.15) is 0 Å². The minimum atomic E-state index is -0.952. The molecule has 0 saturated heterocycles. The summed E-state index contributed by atoms with van der Waals surface area (Å²) in [7, 11) is 0. The highest BCUT2D eigenvalue weighted by Crippen LogP contribution is 2.34. The molecule has 0 heterocycles. The largest absolute Gasteiger partial charge is 0.207 e. The van der Waals surface area contributed by atoms with E-state index in [1.807, 2.05) is 0 Å². The Kier molecular flexibility index (Phi) is 4.12. The average molecular weight is 380 g/mol. The van der Waals surface area contributed by atoms with Crippen molar-refractivity contribution in [2.75, 3.05) is 0 Å². The van der Waals surface area contributed by atoms with Crippen LogP contribution in [0.2, 0.25) is 0 Å². The first-order chi connectivity index (χ1) is 8.49. The highest BCUT2D eigenvalue weighted by molar-refractivity contribution is 9.10. The normalized spacial score (nSPS) is 12.5. The summed E-state index contributed by atoms with van der Waals surface area (Å²) in [6, 6.07) is 7.97. The molecule has 0 nitrogen and oxygen atoms in total. The van der Waals surface area contributed by atoms with Gasteiger partial charge in [-0.15, -0.1) is 0 Å². The van der Waals surface area contributed by atoms with E-state index < -0.39 is 22.3 Å². The summed E-state index contributed by atoms with van der Waals surface area (Å²) in [5.74, 6) is -2.29. The van der Waals surface area contributed by atoms with E-state index in [2.05, 4.69) is 31.9 Å². The minimum Gasteiger partial charge on any atom is -0.207 e. The van der Waals surface area contributed by atoms with E-state index in [-0.39, 0.29) is 0 Å². The summed E-state index contributed by atoms with van der Waals surface area (Å²) < 4.78 is 40.4. The summed E-state index contributed by atoms with van der Waals surface area (Å²) in [6.45, 7) is 0. The van der Waals surface area contributed by atoms with Gasteiger partial charge in [-0.05, 0) is 35.9 Å². The second kappa shape index (κ2) is 5.45. The first-order valence-electron chi connectivity index (χ1n) is 5.03. The Hall–Kier alpha value is -0.810. The Labute approximate surface area is 119 Å². The first-order valence-corrected chi connectivity index (χ1v) is 6.74. The maximum absolute atomic E-state index is 13.7. The molecule has 5 heteroatoms. The maximum atomic E-state index is 13.7. The Bertz CT molecular complexity index is 584. The van der Waals surface area contributed by atoms with Crippen LogP contribution >= 0.6 is 31.9 Å². The van der Waals surface area contributed by atoms with Crippen molar-refractivity contribution in [3.8, 4) is 0 Å². The van der Waals surface area contributed by atoms with Crippen LogP contribution in [0.5, 0.6) is 0 Å². The number of alkyl halides is 1. The van der Waals surface area contributed by atoms with Crippen molar-refractivity contribution in [2.24, 2.45) is 0 Å². The predicted molar refractivity (Wildman–Crippen MR) is 71.2 cm³/mol. The van der Waals surface area contributed by atoms with Gasteiger partial charge in [0.15, 0.2) is 11.6 Å². The van der Waals surface area contributed by atoms with E-state index in [0.29, 0.717) is 15.6 Å². The van der Waals surface area contributed by atoms with E-state index in [9.17, 15) is 13.2 Å². The van der Waals surface area contributed by atoms with Gasteiger partial charge in [-0.3, -0.25) is 0 Å². The van der Waals surface area contributed by atoms with Gasteiger partial charge in [0.25, 0.3) is 0 Å². The van der Waals surface area contributed by atoms with E-state index in [4.69, 9.17) is 0 Å². The molecule has 1 atom stereocenters. The maximum Gasteiger partial charge on any atom is 0.159 e. The molecule has 0 aromatic heterocycles. The highest BCUT2D eigenvalue weighted by atomic mass is 79.9. The lowest BCUT2D eigenvalue weighted by atomic mass is 10.0. The van der Waals surface area contributed by atoms with Gasteiger partial charge < -0.3 is 0 Å². The summed E-state index contributed by atoms with van der Waals surface area (Å²) in [6.07, 6.45) is 0. The lowest BCUT2D eigenvalue weighted by Crippen LogP contribution is -1.98. The average Bonchev–Trinajstić information content (AvgIpc) is 2.35. The van der Waals surface area contributed by atoms with Crippen LogP contribution in [-0.2, 0) is 0 Å². The summed E-state index contributed by atoms with van der Waals surface area (Å²) >= 11 is 6.53. The predicted octanol–water partition coefficient (Wildman–Crippen LogP) is 5.35. The van der Waals surface area contributed by atoms with Crippen LogP contribution < -0.4 is 0 Å². The second-order valence-corrected chi connectivity index (χ2v) is 5.53. The van der Waals surface area contributed by atoms with Gasteiger partial charge in [0.2, 0.25) is 0 Å². The molecule has 2 aromatic carbocycles. The molecule has 2 aromatic rings. The molecule has 0 N–H and O–H groups in total. The van der Waals surface area contributed by atoms with Crippen LogP contribution in [-0.4, -0.2) is 0 Å². The van der Waals surface area contributed by atoms with Crippen molar-refractivity contribution >= 4 is 31.9 Å². The fourth-order valence-corrected chi connectivity index (χ4v) is 2.57. The third-order valence-electron chi connectivity index (χ3n) is 2.47. The van der Waals surface area contributed by atoms with Crippen LogP contribution in [0.15, 0.2) is 40.9 Å². The van der Waals surface area contributed by atoms with E-state index in [0.717, 1.165) is 12.1 Å².